The van der Waals surface area contributed by atoms with Crippen LogP contribution in [-0.2, 0) is 0 Å². The second-order valence-electron chi connectivity index (χ2n) is 3.76. The van der Waals surface area contributed by atoms with Crippen molar-refractivity contribution in [2.24, 2.45) is 11.3 Å². The van der Waals surface area contributed by atoms with Gasteiger partial charge in [-0.1, -0.05) is 20.8 Å². The Balaban J connectivity index is 2.68. The van der Waals surface area contributed by atoms with Crippen molar-refractivity contribution in [1.82, 2.24) is 0 Å². The molecule has 0 saturated heterocycles. The van der Waals surface area contributed by atoms with Crippen LogP contribution >= 0.6 is 0 Å². The Morgan fingerprint density at radius 2 is 1.90 bits per heavy atom. The normalized spacial score (nSPS) is 43.5. The summed E-state index contributed by atoms with van der Waals surface area (Å²) in [6.07, 6.45) is 0.948. The largest absolute Gasteiger partial charge is 0.393 e. The van der Waals surface area contributed by atoms with Crippen LogP contribution in [0.1, 0.15) is 27.2 Å². The molecule has 0 amide bonds. The summed E-state index contributed by atoms with van der Waals surface area (Å²) in [6.45, 7) is 5.94. The second-order valence-corrected chi connectivity index (χ2v) is 3.76. The lowest BCUT2D eigenvalue weighted by Gasteiger charge is -2.07. The maximum absolute atomic E-state index is 9.68. The molecule has 0 radical (unpaired) electrons. The van der Waals surface area contributed by atoms with Gasteiger partial charge in [-0.05, 0) is 12.3 Å². The van der Waals surface area contributed by atoms with Crippen LogP contribution in [0.2, 0.25) is 0 Å². The van der Waals surface area contributed by atoms with Crippen LogP contribution < -0.4 is 0 Å². The molecule has 60 valence electrons. The van der Waals surface area contributed by atoms with Gasteiger partial charge in [0.2, 0.25) is 0 Å². The van der Waals surface area contributed by atoms with E-state index in [2.05, 4.69) is 0 Å². The fourth-order valence-electron chi connectivity index (χ4n) is 2.10. The first kappa shape index (κ1) is 8.02. The summed E-state index contributed by atoms with van der Waals surface area (Å²) in [4.78, 5) is 0. The van der Waals surface area contributed by atoms with Crippen molar-refractivity contribution in [1.29, 1.82) is 0 Å². The summed E-state index contributed by atoms with van der Waals surface area (Å²) < 4.78 is 0. The lowest BCUT2D eigenvalue weighted by Crippen LogP contribution is -2.21. The van der Waals surface area contributed by atoms with Crippen molar-refractivity contribution < 1.29 is 10.2 Å². The Morgan fingerprint density at radius 3 is 2.00 bits per heavy atom. The molecule has 2 atom stereocenters. The van der Waals surface area contributed by atoms with Crippen LogP contribution in [0.15, 0.2) is 0 Å². The molecule has 1 saturated carbocycles. The number of aliphatic hydroxyl groups is 2. The van der Waals surface area contributed by atoms with Gasteiger partial charge >= 0.3 is 0 Å². The highest BCUT2D eigenvalue weighted by atomic mass is 16.3. The highest BCUT2D eigenvalue weighted by molar-refractivity contribution is 5.18. The molecule has 0 aromatic heterocycles. The third-order valence-electron chi connectivity index (χ3n) is 3.13. The molecule has 0 heterocycles. The van der Waals surface area contributed by atoms with Gasteiger partial charge in [-0.25, -0.2) is 0 Å². The van der Waals surface area contributed by atoms with E-state index in [4.69, 9.17) is 5.11 Å². The first-order chi connectivity index (χ1) is 4.50. The van der Waals surface area contributed by atoms with E-state index in [1.807, 2.05) is 20.8 Å². The SMILES string of the molecule is CCC1C(C)(C)C1(O)CO. The lowest BCUT2D eigenvalue weighted by atomic mass is 10.1. The predicted molar refractivity (Wildman–Crippen MR) is 39.6 cm³/mol. The summed E-state index contributed by atoms with van der Waals surface area (Å²) in [5, 5.41) is 18.5. The monoisotopic (exact) mass is 144 g/mol. The van der Waals surface area contributed by atoms with Gasteiger partial charge < -0.3 is 10.2 Å². The number of hydrogen-bond donors (Lipinski definition) is 2. The van der Waals surface area contributed by atoms with E-state index in [0.29, 0.717) is 0 Å². The van der Waals surface area contributed by atoms with Gasteiger partial charge in [-0.15, -0.1) is 0 Å². The van der Waals surface area contributed by atoms with E-state index in [-0.39, 0.29) is 17.9 Å². The second kappa shape index (κ2) is 1.95. The molecule has 2 heteroatoms. The smallest absolute Gasteiger partial charge is 0.0965 e. The van der Waals surface area contributed by atoms with Gasteiger partial charge in [0.05, 0.1) is 12.2 Å². The van der Waals surface area contributed by atoms with Crippen molar-refractivity contribution in [3.8, 4) is 0 Å². The Labute approximate surface area is 61.9 Å². The van der Waals surface area contributed by atoms with Gasteiger partial charge in [0.1, 0.15) is 0 Å². The lowest BCUT2D eigenvalue weighted by molar-refractivity contribution is 0.0361. The number of rotatable bonds is 2. The molecule has 10 heavy (non-hydrogen) atoms. The Kier molecular flexibility index (Phi) is 1.57. The van der Waals surface area contributed by atoms with Crippen molar-refractivity contribution >= 4 is 0 Å². The molecular weight excluding hydrogens is 128 g/mol. The molecule has 0 bridgehead atoms. The predicted octanol–water partition coefficient (Wildman–Crippen LogP) is 0.776. The minimum Gasteiger partial charge on any atom is -0.393 e. The number of hydrogen-bond acceptors (Lipinski definition) is 2. The fourth-order valence-corrected chi connectivity index (χ4v) is 2.10. The summed E-state index contributed by atoms with van der Waals surface area (Å²) >= 11 is 0. The first-order valence-electron chi connectivity index (χ1n) is 3.84. The highest BCUT2D eigenvalue weighted by Gasteiger charge is 2.69. The standard InChI is InChI=1S/C8H16O2/c1-4-6-7(2,3)8(6,10)5-9/h6,9-10H,4-5H2,1-3H3. The molecule has 1 fully saturated rings. The molecule has 0 spiro atoms. The van der Waals surface area contributed by atoms with E-state index in [0.717, 1.165) is 6.42 Å². The van der Waals surface area contributed by atoms with Gasteiger partial charge in [-0.3, -0.25) is 0 Å². The minimum atomic E-state index is -0.790. The zero-order chi connectivity index (χ0) is 7.99. The average molecular weight is 144 g/mol. The van der Waals surface area contributed by atoms with Crippen LogP contribution in [0.4, 0.5) is 0 Å². The molecular formula is C8H16O2. The van der Waals surface area contributed by atoms with Gasteiger partial charge in [-0.2, -0.15) is 0 Å². The summed E-state index contributed by atoms with van der Waals surface area (Å²) in [7, 11) is 0. The van der Waals surface area contributed by atoms with Crippen LogP contribution in [0.3, 0.4) is 0 Å². The molecule has 1 aliphatic rings. The van der Waals surface area contributed by atoms with Gasteiger partial charge in [0.15, 0.2) is 0 Å². The molecule has 1 rings (SSSR count). The summed E-state index contributed by atoms with van der Waals surface area (Å²) in [5.74, 6) is 0.282. The minimum absolute atomic E-state index is 0.0729. The molecule has 0 aromatic carbocycles. The molecule has 1 aliphatic carbocycles. The third kappa shape index (κ3) is 0.663. The van der Waals surface area contributed by atoms with Gasteiger partial charge in [0.25, 0.3) is 0 Å². The first-order valence-corrected chi connectivity index (χ1v) is 3.84. The van der Waals surface area contributed by atoms with Crippen LogP contribution in [0, 0.1) is 11.3 Å². The van der Waals surface area contributed by atoms with Crippen molar-refractivity contribution in [3.05, 3.63) is 0 Å². The average Bonchev–Trinajstić information content (AvgIpc) is 2.29. The van der Waals surface area contributed by atoms with Crippen LogP contribution in [-0.4, -0.2) is 22.4 Å². The number of aliphatic hydroxyl groups excluding tert-OH is 1. The zero-order valence-electron chi connectivity index (χ0n) is 6.89. The quantitative estimate of drug-likeness (QED) is 0.601. The Hall–Kier alpha value is -0.0800. The molecule has 2 unspecified atom stereocenters. The van der Waals surface area contributed by atoms with E-state index in [9.17, 15) is 5.11 Å². The van der Waals surface area contributed by atoms with Crippen molar-refractivity contribution in [3.63, 3.8) is 0 Å². The van der Waals surface area contributed by atoms with Crippen molar-refractivity contribution in [2.45, 2.75) is 32.8 Å². The van der Waals surface area contributed by atoms with E-state index in [1.165, 1.54) is 0 Å². The molecule has 2 N–H and O–H groups in total. The van der Waals surface area contributed by atoms with Gasteiger partial charge in [0, 0.05) is 5.41 Å². The van der Waals surface area contributed by atoms with E-state index in [1.54, 1.807) is 0 Å². The Bertz CT molecular complexity index is 142. The van der Waals surface area contributed by atoms with Crippen molar-refractivity contribution in [2.75, 3.05) is 6.61 Å². The maximum Gasteiger partial charge on any atom is 0.0965 e. The van der Waals surface area contributed by atoms with Crippen LogP contribution in [0.25, 0.3) is 0 Å². The third-order valence-corrected chi connectivity index (χ3v) is 3.13. The van der Waals surface area contributed by atoms with E-state index < -0.39 is 5.60 Å². The molecule has 0 aliphatic heterocycles. The molecule has 2 nitrogen and oxygen atoms in total. The van der Waals surface area contributed by atoms with E-state index >= 15 is 0 Å². The van der Waals surface area contributed by atoms with Crippen LogP contribution in [0.5, 0.6) is 0 Å². The summed E-state index contributed by atoms with van der Waals surface area (Å²) in [6, 6.07) is 0. The zero-order valence-corrected chi connectivity index (χ0v) is 6.89. The molecule has 0 aromatic rings. The maximum atomic E-state index is 9.68. The topological polar surface area (TPSA) is 40.5 Å². The highest BCUT2D eigenvalue weighted by Crippen LogP contribution is 2.62. The Morgan fingerprint density at radius 1 is 1.40 bits per heavy atom. The fraction of sp³-hybridized carbons (Fsp3) is 1.00. The summed E-state index contributed by atoms with van der Waals surface area (Å²) in [5.41, 5.74) is -0.863.